The minimum absolute atomic E-state index is 1.23. The maximum absolute atomic E-state index is 6.36. The van der Waals surface area contributed by atoms with Gasteiger partial charge in [-0.2, -0.15) is 0 Å². The van der Waals surface area contributed by atoms with Gasteiger partial charge in [0.1, 0.15) is 0 Å². The van der Waals surface area contributed by atoms with Gasteiger partial charge in [-0.25, -0.2) is 0 Å². The molecule has 2 nitrogen and oxygen atoms in total. The molecule has 15 heavy (non-hydrogen) atoms. The molecule has 0 aromatic heterocycles. The first-order valence-corrected chi connectivity index (χ1v) is 12.7. The fourth-order valence-electron chi connectivity index (χ4n) is 2.52. The van der Waals surface area contributed by atoms with E-state index in [9.17, 15) is 0 Å². The van der Waals surface area contributed by atoms with Crippen LogP contribution in [0.25, 0.3) is 0 Å². The Balaban J connectivity index is 2.40. The van der Waals surface area contributed by atoms with E-state index in [0.29, 0.717) is 0 Å². The summed E-state index contributed by atoms with van der Waals surface area (Å²) in [6, 6.07) is 0. The SMILES string of the molecule is C[Si](C)(C)O[Si](C)(C)CN1CCCCC1. The zero-order valence-corrected chi connectivity index (χ0v) is 13.1. The molecular weight excluding hydrogens is 218 g/mol. The second-order valence-corrected chi connectivity index (χ2v) is 15.2. The molecule has 0 atom stereocenters. The molecule has 0 aromatic rings. The third kappa shape index (κ3) is 5.85. The van der Waals surface area contributed by atoms with Crippen LogP contribution in [-0.4, -0.2) is 40.8 Å². The molecule has 4 heteroatoms. The summed E-state index contributed by atoms with van der Waals surface area (Å²) >= 11 is 0. The van der Waals surface area contributed by atoms with Crippen LogP contribution in [0, 0.1) is 0 Å². The minimum atomic E-state index is -1.44. The molecule has 90 valence electrons. The van der Waals surface area contributed by atoms with Gasteiger partial charge in [0.2, 0.25) is 0 Å². The Morgan fingerprint density at radius 1 is 0.933 bits per heavy atom. The van der Waals surface area contributed by atoms with Crippen LogP contribution in [0.1, 0.15) is 19.3 Å². The third-order valence-electron chi connectivity index (χ3n) is 2.64. The van der Waals surface area contributed by atoms with E-state index in [4.69, 9.17) is 4.12 Å². The predicted molar refractivity (Wildman–Crippen MR) is 72.2 cm³/mol. The molecule has 1 aliphatic rings. The van der Waals surface area contributed by atoms with E-state index >= 15 is 0 Å². The van der Waals surface area contributed by atoms with Gasteiger partial charge >= 0.3 is 0 Å². The van der Waals surface area contributed by atoms with Gasteiger partial charge in [0.15, 0.2) is 16.6 Å². The monoisotopic (exact) mass is 245 g/mol. The van der Waals surface area contributed by atoms with Crippen molar-refractivity contribution in [2.75, 3.05) is 19.3 Å². The summed E-state index contributed by atoms with van der Waals surface area (Å²) in [6.45, 7) is 14.3. The summed E-state index contributed by atoms with van der Waals surface area (Å²) in [4.78, 5) is 2.62. The van der Waals surface area contributed by atoms with Gasteiger partial charge in [0.05, 0.1) is 0 Å². The van der Waals surface area contributed by atoms with Gasteiger partial charge in [-0.15, -0.1) is 0 Å². The number of likely N-dealkylation sites (tertiary alicyclic amines) is 1. The Morgan fingerprint density at radius 2 is 1.47 bits per heavy atom. The molecule has 0 aliphatic carbocycles. The fourth-order valence-corrected chi connectivity index (χ4v) is 10.8. The van der Waals surface area contributed by atoms with E-state index in [1.54, 1.807) is 0 Å². The third-order valence-corrected chi connectivity index (χ3v) is 8.50. The Morgan fingerprint density at radius 3 is 1.93 bits per heavy atom. The molecule has 1 saturated heterocycles. The zero-order valence-electron chi connectivity index (χ0n) is 11.1. The smallest absolute Gasteiger partial charge is 0.187 e. The van der Waals surface area contributed by atoms with Gasteiger partial charge in [-0.1, -0.05) is 6.42 Å². The van der Waals surface area contributed by atoms with Crippen molar-refractivity contribution in [3.63, 3.8) is 0 Å². The van der Waals surface area contributed by atoms with Crippen LogP contribution in [0.5, 0.6) is 0 Å². The Kier molecular flexibility index (Phi) is 4.58. The van der Waals surface area contributed by atoms with Crippen LogP contribution in [-0.2, 0) is 4.12 Å². The quantitative estimate of drug-likeness (QED) is 0.706. The van der Waals surface area contributed by atoms with Crippen LogP contribution in [0.4, 0.5) is 0 Å². The average Bonchev–Trinajstić information content (AvgIpc) is 1.99. The number of nitrogens with zero attached hydrogens (tertiary/aromatic N) is 1. The van der Waals surface area contributed by atoms with Crippen LogP contribution < -0.4 is 0 Å². The lowest BCUT2D eigenvalue weighted by Gasteiger charge is -2.37. The summed E-state index contributed by atoms with van der Waals surface area (Å²) in [7, 11) is -2.78. The average molecular weight is 246 g/mol. The molecule has 0 N–H and O–H groups in total. The lowest BCUT2D eigenvalue weighted by Crippen LogP contribution is -2.51. The van der Waals surface area contributed by atoms with Crippen molar-refractivity contribution in [2.45, 2.75) is 52.0 Å². The second-order valence-electron chi connectivity index (χ2n) is 6.31. The maximum atomic E-state index is 6.36. The van der Waals surface area contributed by atoms with Crippen molar-refractivity contribution in [1.29, 1.82) is 0 Å². The van der Waals surface area contributed by atoms with Crippen molar-refractivity contribution in [3.8, 4) is 0 Å². The number of hydrogen-bond donors (Lipinski definition) is 0. The molecule has 0 spiro atoms. The lowest BCUT2D eigenvalue weighted by atomic mass is 10.1. The first kappa shape index (κ1) is 13.4. The van der Waals surface area contributed by atoms with E-state index in [1.807, 2.05) is 0 Å². The summed E-state index contributed by atoms with van der Waals surface area (Å²) in [6.07, 6.45) is 5.43. The number of piperidine rings is 1. The van der Waals surface area contributed by atoms with E-state index < -0.39 is 16.6 Å². The Hall–Kier alpha value is 0.354. The van der Waals surface area contributed by atoms with Gasteiger partial charge in [-0.05, 0) is 58.7 Å². The standard InChI is InChI=1S/C11H27NOSi2/c1-14(2,3)13-15(4,5)11-12-9-7-6-8-10-12/h6-11H2,1-5H3. The van der Waals surface area contributed by atoms with E-state index in [1.165, 1.54) is 38.5 Å². The fraction of sp³-hybridized carbons (Fsp3) is 1.00. The molecule has 1 aliphatic heterocycles. The van der Waals surface area contributed by atoms with Crippen LogP contribution in [0.2, 0.25) is 32.7 Å². The van der Waals surface area contributed by atoms with Crippen LogP contribution in [0.15, 0.2) is 0 Å². The molecule has 1 heterocycles. The summed E-state index contributed by atoms with van der Waals surface area (Å²) in [5.41, 5.74) is 0. The summed E-state index contributed by atoms with van der Waals surface area (Å²) in [5, 5.41) is 0. The largest absolute Gasteiger partial charge is 0.455 e. The zero-order chi connectivity index (χ0) is 11.5. The lowest BCUT2D eigenvalue weighted by molar-refractivity contribution is 0.251. The summed E-state index contributed by atoms with van der Waals surface area (Å²) in [5.74, 6) is 0. The highest BCUT2D eigenvalue weighted by Crippen LogP contribution is 2.17. The Labute approximate surface area is 97.3 Å². The molecule has 0 unspecified atom stereocenters. The highest BCUT2D eigenvalue weighted by Gasteiger charge is 2.31. The highest BCUT2D eigenvalue weighted by atomic mass is 28.4. The minimum Gasteiger partial charge on any atom is -0.455 e. The second kappa shape index (κ2) is 5.12. The van der Waals surface area contributed by atoms with Gasteiger partial charge in [0, 0.05) is 6.17 Å². The molecule has 0 radical (unpaired) electrons. The van der Waals surface area contributed by atoms with Crippen molar-refractivity contribution in [3.05, 3.63) is 0 Å². The molecule has 0 saturated carbocycles. The van der Waals surface area contributed by atoms with Crippen molar-refractivity contribution < 1.29 is 4.12 Å². The normalized spacial score (nSPS) is 20.6. The number of hydrogen-bond acceptors (Lipinski definition) is 2. The van der Waals surface area contributed by atoms with E-state index in [2.05, 4.69) is 37.6 Å². The topological polar surface area (TPSA) is 12.5 Å². The van der Waals surface area contributed by atoms with Crippen LogP contribution >= 0.6 is 0 Å². The first-order valence-electron chi connectivity index (χ1n) is 6.21. The van der Waals surface area contributed by atoms with Crippen molar-refractivity contribution in [1.82, 2.24) is 4.90 Å². The molecular formula is C11H27NOSi2. The van der Waals surface area contributed by atoms with Crippen molar-refractivity contribution in [2.24, 2.45) is 0 Å². The van der Waals surface area contributed by atoms with Crippen LogP contribution in [0.3, 0.4) is 0 Å². The molecule has 0 bridgehead atoms. The van der Waals surface area contributed by atoms with E-state index in [-0.39, 0.29) is 0 Å². The van der Waals surface area contributed by atoms with Gasteiger partial charge in [0.25, 0.3) is 0 Å². The van der Waals surface area contributed by atoms with Gasteiger partial charge in [-0.3, -0.25) is 0 Å². The molecule has 1 rings (SSSR count). The Bertz CT molecular complexity index is 195. The number of rotatable bonds is 4. The predicted octanol–water partition coefficient (Wildman–Crippen LogP) is 3.07. The maximum Gasteiger partial charge on any atom is 0.187 e. The van der Waals surface area contributed by atoms with Gasteiger partial charge < -0.3 is 9.02 Å². The van der Waals surface area contributed by atoms with Crippen molar-refractivity contribution >= 4 is 16.6 Å². The van der Waals surface area contributed by atoms with E-state index in [0.717, 1.165) is 0 Å². The highest BCUT2D eigenvalue weighted by molar-refractivity contribution is 6.84. The molecule has 1 fully saturated rings. The first-order chi connectivity index (χ1) is 6.79. The molecule has 0 amide bonds. The summed E-state index contributed by atoms with van der Waals surface area (Å²) < 4.78 is 6.36. The molecule has 0 aromatic carbocycles.